The summed E-state index contributed by atoms with van der Waals surface area (Å²) in [5.74, 6) is 3.38. The molecule has 2 fully saturated rings. The van der Waals surface area contributed by atoms with Crippen LogP contribution >= 0.6 is 0 Å². The van der Waals surface area contributed by atoms with Gasteiger partial charge in [0, 0.05) is 35.0 Å². The Kier molecular flexibility index (Phi) is 10.1. The molecule has 3 heterocycles. The summed E-state index contributed by atoms with van der Waals surface area (Å²) in [7, 11) is 0. The maximum atomic E-state index is 6.56. The largest absolute Gasteiger partial charge is 2.00 e. The van der Waals surface area contributed by atoms with Crippen molar-refractivity contribution < 1.29 is 25.8 Å². The molecule has 3 aromatic heterocycles. The third kappa shape index (κ3) is 7.01. The fourth-order valence-corrected chi connectivity index (χ4v) is 9.00. The van der Waals surface area contributed by atoms with Crippen LogP contribution in [0, 0.1) is 32.9 Å². The number of aromatic nitrogens is 4. The number of nitrogens with zero attached hydrogens (tertiary/aromatic N) is 4. The van der Waals surface area contributed by atoms with Gasteiger partial charge in [-0.2, -0.15) is 16.7 Å². The van der Waals surface area contributed by atoms with E-state index in [1.54, 1.807) is 11.1 Å². The molecule has 0 bridgehead atoms. The van der Waals surface area contributed by atoms with E-state index in [-0.39, 0.29) is 21.1 Å². The van der Waals surface area contributed by atoms with Gasteiger partial charge in [0.05, 0.1) is 6.20 Å². The van der Waals surface area contributed by atoms with E-state index < -0.39 is 0 Å². The Hall–Kier alpha value is -4.47. The number of aryl methyl sites for hydroxylation is 3. The Bertz CT molecular complexity index is 2370. The normalized spacial score (nSPS) is 15.5. The van der Waals surface area contributed by atoms with E-state index in [1.807, 2.05) is 29.1 Å². The van der Waals surface area contributed by atoms with Gasteiger partial charge in [0.2, 0.25) is 0 Å². The molecule has 0 saturated heterocycles. The molecule has 2 aliphatic carbocycles. The Labute approximate surface area is 327 Å². The number of fused-ring (bicyclic) bond motifs is 3. The minimum absolute atomic E-state index is 0. The minimum Gasteiger partial charge on any atom is -0.509 e. The van der Waals surface area contributed by atoms with Gasteiger partial charge in [0.1, 0.15) is 5.82 Å². The molecule has 9 rings (SSSR count). The summed E-state index contributed by atoms with van der Waals surface area (Å²) in [6, 6.07) is 33.0. The fourth-order valence-electron chi connectivity index (χ4n) is 9.00. The van der Waals surface area contributed by atoms with Crippen LogP contribution in [0.2, 0.25) is 0 Å². The maximum Gasteiger partial charge on any atom is 2.00 e. The van der Waals surface area contributed by atoms with Crippen LogP contribution < -0.4 is 4.74 Å². The molecule has 0 atom stereocenters. The van der Waals surface area contributed by atoms with Crippen molar-refractivity contribution in [1.82, 2.24) is 19.3 Å². The zero-order valence-electron chi connectivity index (χ0n) is 30.9. The van der Waals surface area contributed by atoms with Gasteiger partial charge >= 0.3 is 21.1 Å². The molecule has 5 nitrogen and oxygen atoms in total. The van der Waals surface area contributed by atoms with Crippen molar-refractivity contribution in [1.29, 1.82) is 0 Å². The van der Waals surface area contributed by atoms with E-state index in [9.17, 15) is 0 Å². The van der Waals surface area contributed by atoms with E-state index in [4.69, 9.17) is 14.8 Å². The third-order valence-electron chi connectivity index (χ3n) is 11.4. The number of benzene rings is 4. The summed E-state index contributed by atoms with van der Waals surface area (Å²) in [5, 5.41) is 7.25. The van der Waals surface area contributed by atoms with Crippen LogP contribution in [-0.2, 0) is 21.1 Å². The SMILES string of the molecule is Cc1cc(Oc2[c-]c3c(cc2)c2ccccc2n3-c2cc(C)ccn2)[c-]c(-n2cc(-c3c(C4CCCCC4)cc(C)cc3C3CCCCC3)cn2)c1.[Pt+2]. The van der Waals surface area contributed by atoms with E-state index in [2.05, 4.69) is 104 Å². The van der Waals surface area contributed by atoms with Crippen LogP contribution in [0.1, 0.15) is 104 Å². The number of hydrogen-bond acceptors (Lipinski definition) is 3. The van der Waals surface area contributed by atoms with Crippen LogP contribution in [0.15, 0.2) is 91.4 Å². The molecule has 53 heavy (non-hydrogen) atoms. The first-order valence-corrected chi connectivity index (χ1v) is 19.3. The number of ether oxygens (including phenoxy) is 1. The second-order valence-electron chi connectivity index (χ2n) is 15.3. The van der Waals surface area contributed by atoms with Crippen LogP contribution in [-0.4, -0.2) is 19.3 Å². The van der Waals surface area contributed by atoms with Crippen molar-refractivity contribution in [2.24, 2.45) is 0 Å². The average Bonchev–Trinajstić information content (AvgIpc) is 3.78. The zero-order chi connectivity index (χ0) is 35.2. The standard InChI is InChI=1S/C47H46N4O.Pt/c1-31-20-21-48-46(26-31)51-44-17-11-10-16-40(44)41-19-18-38(28-45(41)51)52-39-23-32(2)22-37(27-39)50-30-36(29-49-50)47-42(34-12-6-4-7-13-34)24-33(3)25-43(47)35-14-8-5-9-15-35;/h10-11,16-26,29-30,34-35H,4-9,12-15H2,1-3H3;/q-2;+2. The second-order valence-corrected chi connectivity index (χ2v) is 15.3. The third-order valence-corrected chi connectivity index (χ3v) is 11.4. The van der Waals surface area contributed by atoms with Crippen molar-refractivity contribution in [2.75, 3.05) is 0 Å². The van der Waals surface area contributed by atoms with Gasteiger partial charge in [0.25, 0.3) is 0 Å². The van der Waals surface area contributed by atoms with Gasteiger partial charge in [-0.1, -0.05) is 86.9 Å². The topological polar surface area (TPSA) is 44.9 Å². The molecule has 0 N–H and O–H groups in total. The molecule has 6 heteroatoms. The molecule has 0 unspecified atom stereocenters. The Balaban J connectivity index is 0.00000400. The van der Waals surface area contributed by atoms with E-state index >= 15 is 0 Å². The van der Waals surface area contributed by atoms with Crippen molar-refractivity contribution in [3.63, 3.8) is 0 Å². The summed E-state index contributed by atoms with van der Waals surface area (Å²) in [6.45, 7) is 6.49. The molecular weight excluding hydrogens is 832 g/mol. The Morgan fingerprint density at radius 3 is 2.09 bits per heavy atom. The monoisotopic (exact) mass is 877 g/mol. The first-order valence-electron chi connectivity index (χ1n) is 19.3. The van der Waals surface area contributed by atoms with Gasteiger partial charge in [-0.3, -0.25) is 4.68 Å². The van der Waals surface area contributed by atoms with Gasteiger partial charge in [-0.05, 0) is 103 Å². The quantitative estimate of drug-likeness (QED) is 0.150. The maximum absolute atomic E-state index is 6.56. The number of para-hydroxylation sites is 1. The first kappa shape index (κ1) is 35.6. The first-order chi connectivity index (χ1) is 25.5. The van der Waals surface area contributed by atoms with Crippen LogP contribution in [0.25, 0.3) is 44.4 Å². The van der Waals surface area contributed by atoms with Crippen LogP contribution in [0.5, 0.6) is 11.5 Å². The van der Waals surface area contributed by atoms with Gasteiger partial charge in [-0.25, -0.2) is 4.98 Å². The molecular formula is C47H46N4OPt. The smallest absolute Gasteiger partial charge is 0.509 e. The van der Waals surface area contributed by atoms with E-state index in [1.165, 1.54) is 80.9 Å². The summed E-state index contributed by atoms with van der Waals surface area (Å²) in [5.41, 5.74) is 12.3. The van der Waals surface area contributed by atoms with E-state index in [0.29, 0.717) is 23.3 Å². The van der Waals surface area contributed by atoms with Crippen LogP contribution in [0.4, 0.5) is 0 Å². The number of rotatable bonds is 7. The van der Waals surface area contributed by atoms with Gasteiger partial charge in [-0.15, -0.1) is 35.7 Å². The van der Waals surface area contributed by atoms with Gasteiger partial charge in [0.15, 0.2) is 0 Å². The molecule has 4 aromatic carbocycles. The molecule has 2 aliphatic rings. The molecule has 0 aliphatic heterocycles. The summed E-state index contributed by atoms with van der Waals surface area (Å²) in [4.78, 5) is 4.73. The minimum atomic E-state index is 0. The predicted molar refractivity (Wildman–Crippen MR) is 211 cm³/mol. The molecule has 7 aromatic rings. The summed E-state index contributed by atoms with van der Waals surface area (Å²) >= 11 is 0. The zero-order valence-corrected chi connectivity index (χ0v) is 33.2. The summed E-state index contributed by atoms with van der Waals surface area (Å²) < 4.78 is 10.7. The molecule has 0 amide bonds. The Morgan fingerprint density at radius 1 is 0.679 bits per heavy atom. The predicted octanol–water partition coefficient (Wildman–Crippen LogP) is 12.4. The number of hydrogen-bond donors (Lipinski definition) is 0. The molecule has 0 radical (unpaired) electrons. The molecule has 270 valence electrons. The average molecular weight is 878 g/mol. The second kappa shape index (κ2) is 15.1. The van der Waals surface area contributed by atoms with Crippen molar-refractivity contribution >= 4 is 21.8 Å². The molecule has 0 spiro atoms. The Morgan fingerprint density at radius 2 is 1.38 bits per heavy atom. The van der Waals surface area contributed by atoms with Gasteiger partial charge < -0.3 is 9.30 Å². The van der Waals surface area contributed by atoms with Crippen molar-refractivity contribution in [2.45, 2.75) is 96.8 Å². The summed E-state index contributed by atoms with van der Waals surface area (Å²) in [6.07, 6.45) is 19.3. The molecule has 2 saturated carbocycles. The van der Waals surface area contributed by atoms with Crippen molar-refractivity contribution in [3.8, 4) is 34.1 Å². The van der Waals surface area contributed by atoms with Crippen LogP contribution in [0.3, 0.4) is 0 Å². The van der Waals surface area contributed by atoms with E-state index in [0.717, 1.165) is 44.4 Å². The van der Waals surface area contributed by atoms with Crippen molar-refractivity contribution in [3.05, 3.63) is 131 Å². The number of pyridine rings is 1. The fraction of sp³-hybridized carbons (Fsp3) is 0.319.